The van der Waals surface area contributed by atoms with Gasteiger partial charge in [0.15, 0.2) is 0 Å². The summed E-state index contributed by atoms with van der Waals surface area (Å²) in [6, 6.07) is 186. The molecule has 4 aromatic heterocycles. The Hall–Kier alpha value is -17.4. The Morgan fingerprint density at radius 3 is 0.611 bits per heavy atom. The van der Waals surface area contributed by atoms with Gasteiger partial charge >= 0.3 is 0 Å². The standard InChI is InChI=1S/C126H83N5/c1-8-30-84(31-9-1)98-68-99(85-32-10-2-11-33-85)71-102(70-98)90-40-28-50-109(76-90)130-119-54-24-22-52-111(119)113-78-94(58-62-121(113)130)96-60-66-125-117(82-96)115-80-92(56-64-123(115)128(125)105-44-18-6-19-45-105)88-38-26-48-107(74-88)127(104-42-16-5-17-43-104)108-49-27-39-89(75-108)93-57-65-124-116(81-93)118-83-97(61-67-126(118)129(124)106-46-20-7-21-47-106)95-59-63-122-114(79-95)112-53-23-25-55-120(112)131(122)110-51-29-41-91(77-110)103-72-100(86-34-12-3-13-35-86)69-101(73-103)87-36-14-4-15-37-87/h1-83H. The third kappa shape index (κ3) is 13.6. The molecule has 0 radical (unpaired) electrons. The lowest BCUT2D eigenvalue weighted by atomic mass is 9.93. The van der Waals surface area contributed by atoms with Crippen LogP contribution in [0.2, 0.25) is 0 Å². The lowest BCUT2D eigenvalue weighted by Gasteiger charge is -2.26. The predicted octanol–water partition coefficient (Wildman–Crippen LogP) is 34.2. The zero-order valence-corrected chi connectivity index (χ0v) is 71.7. The first-order valence-electron chi connectivity index (χ1n) is 45.1. The first kappa shape index (κ1) is 76.1. The molecule has 25 aromatic rings. The summed E-state index contributed by atoms with van der Waals surface area (Å²) >= 11 is 0. The van der Waals surface area contributed by atoms with Crippen molar-refractivity contribution < 1.29 is 0 Å². The van der Waals surface area contributed by atoms with Gasteiger partial charge in [-0.05, 0) is 318 Å². The highest BCUT2D eigenvalue weighted by Gasteiger charge is 2.24. The van der Waals surface area contributed by atoms with Crippen LogP contribution in [0.15, 0.2) is 504 Å². The molecule has 0 fully saturated rings. The topological polar surface area (TPSA) is 23.0 Å². The Kier molecular flexibility index (Phi) is 18.5. The molecule has 131 heavy (non-hydrogen) atoms. The third-order valence-electron chi connectivity index (χ3n) is 26.6. The highest BCUT2D eigenvalue weighted by atomic mass is 15.1. The van der Waals surface area contributed by atoms with Gasteiger partial charge in [-0.25, -0.2) is 0 Å². The molecule has 5 heteroatoms. The van der Waals surface area contributed by atoms with Crippen LogP contribution in [0.1, 0.15) is 0 Å². The van der Waals surface area contributed by atoms with E-state index < -0.39 is 0 Å². The second-order valence-corrected chi connectivity index (χ2v) is 34.4. The van der Waals surface area contributed by atoms with E-state index in [9.17, 15) is 0 Å². The lowest BCUT2D eigenvalue weighted by molar-refractivity contribution is 1.18. The number of anilines is 3. The summed E-state index contributed by atoms with van der Waals surface area (Å²) < 4.78 is 9.74. The minimum Gasteiger partial charge on any atom is -0.310 e. The number of para-hydroxylation sites is 5. The van der Waals surface area contributed by atoms with Crippen LogP contribution in [0.3, 0.4) is 0 Å². The molecule has 4 heterocycles. The molecule has 0 aliphatic rings. The molecule has 0 atom stereocenters. The first-order valence-corrected chi connectivity index (χ1v) is 45.1. The fourth-order valence-electron chi connectivity index (χ4n) is 20.4. The molecule has 0 aliphatic heterocycles. The molecule has 0 bridgehead atoms. The van der Waals surface area contributed by atoms with Crippen molar-refractivity contribution in [2.45, 2.75) is 0 Å². The van der Waals surface area contributed by atoms with E-state index in [-0.39, 0.29) is 0 Å². The number of rotatable bonds is 17. The molecule has 0 aliphatic carbocycles. The highest BCUT2D eigenvalue weighted by Crippen LogP contribution is 2.47. The Morgan fingerprint density at radius 1 is 0.107 bits per heavy atom. The fourth-order valence-corrected chi connectivity index (χ4v) is 20.4. The van der Waals surface area contributed by atoms with Crippen molar-refractivity contribution in [1.29, 1.82) is 0 Å². The molecule has 0 N–H and O–H groups in total. The Balaban J connectivity index is 0.556. The minimum absolute atomic E-state index is 1.06. The summed E-state index contributed by atoms with van der Waals surface area (Å²) in [5, 5.41) is 9.58. The van der Waals surface area contributed by atoms with E-state index in [2.05, 4.69) is 527 Å². The Morgan fingerprint density at radius 2 is 0.305 bits per heavy atom. The monoisotopic (exact) mass is 1670 g/mol. The van der Waals surface area contributed by atoms with Crippen molar-refractivity contribution in [3.63, 3.8) is 0 Å². The second kappa shape index (κ2) is 31.9. The Labute approximate surface area is 759 Å². The van der Waals surface area contributed by atoms with Crippen LogP contribution in [0.5, 0.6) is 0 Å². The first-order chi connectivity index (χ1) is 64.9. The van der Waals surface area contributed by atoms with Crippen molar-refractivity contribution in [2.75, 3.05) is 4.90 Å². The van der Waals surface area contributed by atoms with Crippen LogP contribution in [0.25, 0.3) is 221 Å². The van der Waals surface area contributed by atoms with E-state index in [0.717, 1.165) is 129 Å². The number of benzene rings is 21. The number of hydrogen-bond donors (Lipinski definition) is 0. The van der Waals surface area contributed by atoms with Gasteiger partial charge in [-0.3, -0.25) is 0 Å². The average molecular weight is 1670 g/mol. The molecule has 25 rings (SSSR count). The number of nitrogens with zero attached hydrogens (tertiary/aromatic N) is 5. The van der Waals surface area contributed by atoms with Crippen LogP contribution < -0.4 is 4.90 Å². The van der Waals surface area contributed by atoms with E-state index in [0.29, 0.717) is 0 Å². The molecular formula is C126H83N5. The second-order valence-electron chi connectivity index (χ2n) is 34.4. The van der Waals surface area contributed by atoms with Crippen molar-refractivity contribution in [3.05, 3.63) is 504 Å². The van der Waals surface area contributed by atoms with E-state index >= 15 is 0 Å². The van der Waals surface area contributed by atoms with Gasteiger partial charge in [0, 0.05) is 82.9 Å². The van der Waals surface area contributed by atoms with Gasteiger partial charge in [0.1, 0.15) is 0 Å². The number of fused-ring (bicyclic) bond motifs is 12. The van der Waals surface area contributed by atoms with Crippen molar-refractivity contribution >= 4 is 104 Å². The van der Waals surface area contributed by atoms with Crippen molar-refractivity contribution in [3.8, 4) is 134 Å². The molecular weight excluding hydrogens is 1580 g/mol. The van der Waals surface area contributed by atoms with E-state index in [1.807, 2.05) is 0 Å². The highest BCUT2D eigenvalue weighted by molar-refractivity contribution is 6.16. The van der Waals surface area contributed by atoms with Crippen LogP contribution in [-0.4, -0.2) is 18.3 Å². The van der Waals surface area contributed by atoms with E-state index in [4.69, 9.17) is 0 Å². The summed E-state index contributed by atoms with van der Waals surface area (Å²) in [6.45, 7) is 0. The summed E-state index contributed by atoms with van der Waals surface area (Å²) in [6.07, 6.45) is 0. The maximum absolute atomic E-state index is 2.44. The van der Waals surface area contributed by atoms with E-state index in [1.165, 1.54) is 110 Å². The maximum atomic E-state index is 2.44. The van der Waals surface area contributed by atoms with Crippen LogP contribution in [-0.2, 0) is 0 Å². The quantitative estimate of drug-likeness (QED) is 0.0891. The molecule has 21 aromatic carbocycles. The number of hydrogen-bond acceptors (Lipinski definition) is 1. The summed E-state index contributed by atoms with van der Waals surface area (Å²) in [4.78, 5) is 2.41. The van der Waals surface area contributed by atoms with Gasteiger partial charge < -0.3 is 23.2 Å². The molecule has 0 saturated heterocycles. The van der Waals surface area contributed by atoms with Gasteiger partial charge in [-0.2, -0.15) is 0 Å². The van der Waals surface area contributed by atoms with Gasteiger partial charge in [-0.15, -0.1) is 0 Å². The average Bonchev–Trinajstić information content (AvgIpc) is 1.59. The van der Waals surface area contributed by atoms with Crippen LogP contribution >= 0.6 is 0 Å². The third-order valence-corrected chi connectivity index (χ3v) is 26.6. The minimum atomic E-state index is 1.06. The molecule has 0 saturated carbocycles. The molecule has 5 nitrogen and oxygen atoms in total. The maximum Gasteiger partial charge on any atom is 0.0541 e. The van der Waals surface area contributed by atoms with E-state index in [1.54, 1.807) is 0 Å². The van der Waals surface area contributed by atoms with Crippen molar-refractivity contribution in [1.82, 2.24) is 18.3 Å². The predicted molar refractivity (Wildman–Crippen MR) is 553 cm³/mol. The van der Waals surface area contributed by atoms with Gasteiger partial charge in [0.2, 0.25) is 0 Å². The van der Waals surface area contributed by atoms with Gasteiger partial charge in [0.25, 0.3) is 0 Å². The van der Waals surface area contributed by atoms with Gasteiger partial charge in [0.05, 0.1) is 44.1 Å². The summed E-state index contributed by atoms with van der Waals surface area (Å²) in [5.74, 6) is 0. The lowest BCUT2D eigenvalue weighted by Crippen LogP contribution is -2.10. The smallest absolute Gasteiger partial charge is 0.0541 e. The van der Waals surface area contributed by atoms with Gasteiger partial charge in [-0.1, -0.05) is 297 Å². The normalized spacial score (nSPS) is 11.7. The molecule has 0 spiro atoms. The summed E-state index contributed by atoms with van der Waals surface area (Å²) in [7, 11) is 0. The zero-order chi connectivity index (χ0) is 86.4. The molecule has 0 unspecified atom stereocenters. The number of aromatic nitrogens is 4. The Bertz CT molecular complexity index is 8140. The van der Waals surface area contributed by atoms with Crippen molar-refractivity contribution in [2.24, 2.45) is 0 Å². The largest absolute Gasteiger partial charge is 0.310 e. The molecule has 612 valence electrons. The summed E-state index contributed by atoms with van der Waals surface area (Å²) in [5.41, 5.74) is 40.2. The molecule has 0 amide bonds. The zero-order valence-electron chi connectivity index (χ0n) is 71.7. The van der Waals surface area contributed by atoms with Crippen LogP contribution in [0, 0.1) is 0 Å². The van der Waals surface area contributed by atoms with Crippen LogP contribution in [0.4, 0.5) is 17.1 Å². The fraction of sp³-hybridized carbons (Fsp3) is 0. The SMILES string of the molecule is c1ccc(-c2cc(-c3ccccc3)cc(-c3cccc(-n4c5ccccc5c5cc(-c6ccc7c(c6)c6cc(-c8cccc(N(c9ccccc9)c9cccc(-c%10ccc%11c(c%10)c%10cc(-c%12ccc%13c(c%12)c%12ccccc%12n%13-c%12cccc(-c%13cc(-c%14ccccc%14)cc(-c%14ccccc%14)c%13)c%12)ccc%10n%11-c%10ccccc%10)c9)c8)ccc6n7-c6ccccc6)ccc54)c3)c2)cc1.